The summed E-state index contributed by atoms with van der Waals surface area (Å²) in [7, 11) is 0. The number of benzene rings is 2. The van der Waals surface area contributed by atoms with Crippen LogP contribution in [0.2, 0.25) is 0 Å². The molecule has 1 aromatic heterocycles. The fourth-order valence-corrected chi connectivity index (χ4v) is 3.97. The van der Waals surface area contributed by atoms with E-state index in [-0.39, 0.29) is 29.4 Å². The van der Waals surface area contributed by atoms with E-state index in [0.29, 0.717) is 28.8 Å². The predicted octanol–water partition coefficient (Wildman–Crippen LogP) is 3.60. The van der Waals surface area contributed by atoms with E-state index < -0.39 is 0 Å². The van der Waals surface area contributed by atoms with Gasteiger partial charge in [0.1, 0.15) is 11.6 Å². The standard InChI is InChI=1S/C21H20F2N4O2S/c22-15-5-3-14(4-6-15)20-25-26-21(27(20)17-9-7-16(23)8-10-17)30-13-19(28)24-12-18-2-1-11-29-18/h3-10,18H,1-2,11-13H2,(H,24,28)/t18-/m0/s1. The number of halogens is 2. The topological polar surface area (TPSA) is 69.0 Å². The Balaban J connectivity index is 1.54. The second-order valence-corrected chi connectivity index (χ2v) is 7.80. The van der Waals surface area contributed by atoms with Gasteiger partial charge in [0.15, 0.2) is 11.0 Å². The van der Waals surface area contributed by atoms with Gasteiger partial charge in [0.2, 0.25) is 5.91 Å². The molecule has 1 aliphatic rings. The van der Waals surface area contributed by atoms with Crippen molar-refractivity contribution in [3.63, 3.8) is 0 Å². The summed E-state index contributed by atoms with van der Waals surface area (Å²) >= 11 is 1.22. The van der Waals surface area contributed by atoms with Crippen LogP contribution in [0.4, 0.5) is 8.78 Å². The van der Waals surface area contributed by atoms with Crippen molar-refractivity contribution in [2.24, 2.45) is 0 Å². The molecule has 2 aromatic carbocycles. The Morgan fingerprint density at radius 3 is 2.47 bits per heavy atom. The number of hydrogen-bond acceptors (Lipinski definition) is 5. The second-order valence-electron chi connectivity index (χ2n) is 6.85. The zero-order chi connectivity index (χ0) is 20.9. The van der Waals surface area contributed by atoms with E-state index in [4.69, 9.17) is 4.74 Å². The highest BCUT2D eigenvalue weighted by Crippen LogP contribution is 2.28. The Bertz CT molecular complexity index is 1000. The molecule has 1 atom stereocenters. The molecule has 0 spiro atoms. The summed E-state index contributed by atoms with van der Waals surface area (Å²) in [5.74, 6) is -0.228. The number of amides is 1. The van der Waals surface area contributed by atoms with Gasteiger partial charge in [-0.3, -0.25) is 9.36 Å². The Hall–Kier alpha value is -2.78. The highest BCUT2D eigenvalue weighted by molar-refractivity contribution is 7.99. The number of nitrogens with zero attached hydrogens (tertiary/aromatic N) is 3. The molecular formula is C21H20F2N4O2S. The molecule has 4 rings (SSSR count). The van der Waals surface area contributed by atoms with E-state index in [0.717, 1.165) is 19.4 Å². The van der Waals surface area contributed by atoms with E-state index in [1.165, 1.54) is 36.0 Å². The summed E-state index contributed by atoms with van der Waals surface area (Å²) in [5, 5.41) is 11.8. The Morgan fingerprint density at radius 1 is 1.10 bits per heavy atom. The average Bonchev–Trinajstić information content (AvgIpc) is 3.42. The molecule has 0 saturated carbocycles. The number of aromatic nitrogens is 3. The monoisotopic (exact) mass is 430 g/mol. The summed E-state index contributed by atoms with van der Waals surface area (Å²) < 4.78 is 34.0. The molecule has 2 heterocycles. The average molecular weight is 430 g/mol. The Labute approximate surface area is 176 Å². The zero-order valence-corrected chi connectivity index (χ0v) is 16.9. The van der Waals surface area contributed by atoms with E-state index in [9.17, 15) is 13.6 Å². The van der Waals surface area contributed by atoms with Crippen molar-refractivity contribution >= 4 is 17.7 Å². The number of hydrogen-bond donors (Lipinski definition) is 1. The minimum Gasteiger partial charge on any atom is -0.376 e. The van der Waals surface area contributed by atoms with Crippen LogP contribution in [0.25, 0.3) is 17.1 Å². The highest BCUT2D eigenvalue weighted by Gasteiger charge is 2.19. The first-order valence-electron chi connectivity index (χ1n) is 9.58. The molecule has 156 valence electrons. The van der Waals surface area contributed by atoms with Gasteiger partial charge in [-0.2, -0.15) is 0 Å². The van der Waals surface area contributed by atoms with Crippen molar-refractivity contribution in [2.75, 3.05) is 18.9 Å². The fraction of sp³-hybridized carbons (Fsp3) is 0.286. The number of rotatable bonds is 7. The molecule has 0 unspecified atom stereocenters. The van der Waals surface area contributed by atoms with Gasteiger partial charge in [-0.25, -0.2) is 8.78 Å². The van der Waals surface area contributed by atoms with Crippen LogP contribution in [0.3, 0.4) is 0 Å². The quantitative estimate of drug-likeness (QED) is 0.580. The largest absolute Gasteiger partial charge is 0.376 e. The molecule has 30 heavy (non-hydrogen) atoms. The summed E-state index contributed by atoms with van der Waals surface area (Å²) in [4.78, 5) is 12.2. The van der Waals surface area contributed by atoms with Crippen molar-refractivity contribution in [1.29, 1.82) is 0 Å². The van der Waals surface area contributed by atoms with Crippen LogP contribution in [0.15, 0.2) is 53.7 Å². The molecule has 1 fully saturated rings. The Kier molecular flexibility index (Phi) is 6.39. The number of carbonyl (C=O) groups excluding carboxylic acids is 1. The van der Waals surface area contributed by atoms with Crippen LogP contribution in [0.5, 0.6) is 0 Å². The number of carbonyl (C=O) groups is 1. The molecule has 9 heteroatoms. The van der Waals surface area contributed by atoms with E-state index in [1.54, 1.807) is 28.8 Å². The predicted molar refractivity (Wildman–Crippen MR) is 109 cm³/mol. The van der Waals surface area contributed by atoms with Gasteiger partial charge < -0.3 is 10.1 Å². The third-order valence-electron chi connectivity index (χ3n) is 4.70. The number of ether oxygens (including phenoxy) is 1. The molecule has 1 amide bonds. The van der Waals surface area contributed by atoms with Crippen molar-refractivity contribution in [3.8, 4) is 17.1 Å². The second kappa shape index (κ2) is 9.36. The minimum atomic E-state index is -0.363. The number of nitrogens with one attached hydrogen (secondary N) is 1. The molecule has 3 aromatic rings. The SMILES string of the molecule is O=C(CSc1nnc(-c2ccc(F)cc2)n1-c1ccc(F)cc1)NC[C@@H]1CCCO1. The third kappa shape index (κ3) is 4.85. The lowest BCUT2D eigenvalue weighted by Gasteiger charge is -2.12. The summed E-state index contributed by atoms with van der Waals surface area (Å²) in [5.41, 5.74) is 1.30. The molecule has 6 nitrogen and oxygen atoms in total. The van der Waals surface area contributed by atoms with Gasteiger partial charge >= 0.3 is 0 Å². The maximum Gasteiger partial charge on any atom is 0.230 e. The normalized spacial score (nSPS) is 16.0. The van der Waals surface area contributed by atoms with E-state index in [2.05, 4.69) is 15.5 Å². The first-order chi connectivity index (χ1) is 14.6. The maximum atomic E-state index is 13.4. The van der Waals surface area contributed by atoms with E-state index in [1.807, 2.05) is 0 Å². The lowest BCUT2D eigenvalue weighted by Crippen LogP contribution is -2.32. The first kappa shape index (κ1) is 20.5. The van der Waals surface area contributed by atoms with Gasteiger partial charge in [-0.05, 0) is 61.4 Å². The van der Waals surface area contributed by atoms with Crippen LogP contribution in [-0.4, -0.2) is 45.7 Å². The summed E-state index contributed by atoms with van der Waals surface area (Å²) in [6.07, 6.45) is 2.04. The van der Waals surface area contributed by atoms with Gasteiger partial charge in [-0.1, -0.05) is 11.8 Å². The zero-order valence-electron chi connectivity index (χ0n) is 16.1. The lowest BCUT2D eigenvalue weighted by atomic mass is 10.2. The minimum absolute atomic E-state index is 0.0758. The van der Waals surface area contributed by atoms with E-state index >= 15 is 0 Å². The van der Waals surface area contributed by atoms with Crippen molar-refractivity contribution in [1.82, 2.24) is 20.1 Å². The Morgan fingerprint density at radius 2 is 1.80 bits per heavy atom. The van der Waals surface area contributed by atoms with Crippen LogP contribution in [0.1, 0.15) is 12.8 Å². The van der Waals surface area contributed by atoms with Gasteiger partial charge in [0.25, 0.3) is 0 Å². The molecule has 1 aliphatic heterocycles. The smallest absolute Gasteiger partial charge is 0.230 e. The van der Waals surface area contributed by atoms with Crippen molar-refractivity contribution < 1.29 is 18.3 Å². The molecular weight excluding hydrogens is 410 g/mol. The molecule has 0 bridgehead atoms. The van der Waals surface area contributed by atoms with Gasteiger partial charge in [0, 0.05) is 24.4 Å². The fourth-order valence-electron chi connectivity index (χ4n) is 3.19. The first-order valence-corrected chi connectivity index (χ1v) is 10.6. The van der Waals surface area contributed by atoms with Crippen molar-refractivity contribution in [2.45, 2.75) is 24.1 Å². The highest BCUT2D eigenvalue weighted by atomic mass is 32.2. The maximum absolute atomic E-state index is 13.4. The van der Waals surface area contributed by atoms with Crippen LogP contribution in [-0.2, 0) is 9.53 Å². The molecule has 1 N–H and O–H groups in total. The van der Waals surface area contributed by atoms with Crippen LogP contribution >= 0.6 is 11.8 Å². The molecule has 0 aliphatic carbocycles. The van der Waals surface area contributed by atoms with Crippen LogP contribution in [0, 0.1) is 11.6 Å². The third-order valence-corrected chi connectivity index (χ3v) is 5.63. The summed E-state index contributed by atoms with van der Waals surface area (Å²) in [6, 6.07) is 11.8. The molecule has 1 saturated heterocycles. The number of thioether (sulfide) groups is 1. The van der Waals surface area contributed by atoms with Crippen LogP contribution < -0.4 is 5.32 Å². The van der Waals surface area contributed by atoms with Gasteiger partial charge in [0.05, 0.1) is 11.9 Å². The lowest BCUT2D eigenvalue weighted by molar-refractivity contribution is -0.119. The summed E-state index contributed by atoms with van der Waals surface area (Å²) in [6.45, 7) is 1.23. The van der Waals surface area contributed by atoms with Gasteiger partial charge in [-0.15, -0.1) is 10.2 Å². The molecule has 0 radical (unpaired) electrons. The van der Waals surface area contributed by atoms with Crippen molar-refractivity contribution in [3.05, 3.63) is 60.2 Å².